The molecule has 1 aliphatic heterocycles. The summed E-state index contributed by atoms with van der Waals surface area (Å²) in [6, 6.07) is 0.640. The van der Waals surface area contributed by atoms with Gasteiger partial charge in [0.15, 0.2) is 0 Å². The van der Waals surface area contributed by atoms with Crippen LogP contribution in [0.5, 0.6) is 0 Å². The molecule has 2 fully saturated rings. The van der Waals surface area contributed by atoms with Crippen LogP contribution in [0.4, 0.5) is 0 Å². The molecular formula is C14H27NO3. The van der Waals surface area contributed by atoms with E-state index in [0.29, 0.717) is 12.1 Å². The Morgan fingerprint density at radius 3 is 2.78 bits per heavy atom. The fourth-order valence-corrected chi connectivity index (χ4v) is 2.55. The Kier molecular flexibility index (Phi) is 5.42. The molecule has 0 spiro atoms. The first-order valence-corrected chi connectivity index (χ1v) is 7.36. The molecule has 1 heterocycles. The second-order valence-electron chi connectivity index (χ2n) is 5.67. The van der Waals surface area contributed by atoms with Gasteiger partial charge < -0.3 is 19.9 Å². The molecular weight excluding hydrogens is 230 g/mol. The largest absolute Gasteiger partial charge is 0.394 e. The third-order valence-electron chi connectivity index (χ3n) is 4.11. The minimum absolute atomic E-state index is 0.0866. The Bertz CT molecular complexity index is 233. The Hall–Kier alpha value is -0.160. The van der Waals surface area contributed by atoms with E-state index >= 15 is 0 Å². The van der Waals surface area contributed by atoms with E-state index in [1.54, 1.807) is 0 Å². The molecule has 2 unspecified atom stereocenters. The van der Waals surface area contributed by atoms with Gasteiger partial charge in [0.1, 0.15) is 0 Å². The zero-order valence-corrected chi connectivity index (χ0v) is 11.5. The maximum Gasteiger partial charge on any atom is 0.0830 e. The van der Waals surface area contributed by atoms with Gasteiger partial charge in [-0.1, -0.05) is 6.92 Å². The van der Waals surface area contributed by atoms with Crippen LogP contribution in [-0.2, 0) is 9.47 Å². The van der Waals surface area contributed by atoms with Gasteiger partial charge in [0.2, 0.25) is 0 Å². The summed E-state index contributed by atoms with van der Waals surface area (Å²) in [5.74, 6) is 0. The fourth-order valence-electron chi connectivity index (χ4n) is 2.55. The molecule has 1 saturated carbocycles. The number of aliphatic hydroxyl groups is 1. The van der Waals surface area contributed by atoms with Crippen molar-refractivity contribution < 1.29 is 14.6 Å². The van der Waals surface area contributed by atoms with E-state index < -0.39 is 0 Å². The molecule has 4 nitrogen and oxygen atoms in total. The summed E-state index contributed by atoms with van der Waals surface area (Å²) in [4.78, 5) is 0. The molecule has 0 aromatic heterocycles. The molecule has 1 saturated heterocycles. The summed E-state index contributed by atoms with van der Waals surface area (Å²) in [6.07, 6.45) is 6.82. The Morgan fingerprint density at radius 1 is 1.39 bits per heavy atom. The predicted octanol–water partition coefficient (Wildman–Crippen LogP) is 1.47. The highest BCUT2D eigenvalue weighted by Crippen LogP contribution is 2.26. The number of hydrogen-bond acceptors (Lipinski definition) is 4. The molecule has 0 aromatic carbocycles. The molecule has 2 aliphatic rings. The van der Waals surface area contributed by atoms with Gasteiger partial charge in [-0.2, -0.15) is 0 Å². The summed E-state index contributed by atoms with van der Waals surface area (Å²) in [7, 11) is 0. The normalized spacial score (nSPS) is 27.3. The van der Waals surface area contributed by atoms with Crippen molar-refractivity contribution in [3.8, 4) is 0 Å². The lowest BCUT2D eigenvalue weighted by molar-refractivity contribution is 0.0343. The van der Waals surface area contributed by atoms with Gasteiger partial charge in [-0.3, -0.25) is 0 Å². The van der Waals surface area contributed by atoms with Gasteiger partial charge in [0, 0.05) is 24.8 Å². The summed E-state index contributed by atoms with van der Waals surface area (Å²) in [6.45, 7) is 4.74. The molecule has 2 N–H and O–H groups in total. The Labute approximate surface area is 110 Å². The van der Waals surface area contributed by atoms with Gasteiger partial charge in [-0.05, 0) is 38.5 Å². The maximum atomic E-state index is 9.64. The molecule has 1 aliphatic carbocycles. The molecule has 0 bridgehead atoms. The van der Waals surface area contributed by atoms with E-state index in [-0.39, 0.29) is 12.1 Å². The Morgan fingerprint density at radius 2 is 2.22 bits per heavy atom. The lowest BCUT2D eigenvalue weighted by Crippen LogP contribution is -2.49. The van der Waals surface area contributed by atoms with Crippen molar-refractivity contribution in [3.05, 3.63) is 0 Å². The highest BCUT2D eigenvalue weighted by molar-refractivity contribution is 4.94. The van der Waals surface area contributed by atoms with Crippen LogP contribution >= 0.6 is 0 Å². The summed E-state index contributed by atoms with van der Waals surface area (Å²) >= 11 is 0. The average Bonchev–Trinajstić information content (AvgIpc) is 3.05. The molecule has 0 amide bonds. The number of hydrogen-bond donors (Lipinski definition) is 2. The van der Waals surface area contributed by atoms with Gasteiger partial charge in [-0.25, -0.2) is 0 Å². The third-order valence-corrected chi connectivity index (χ3v) is 4.11. The van der Waals surface area contributed by atoms with Crippen molar-refractivity contribution >= 4 is 0 Å². The third kappa shape index (κ3) is 4.19. The quantitative estimate of drug-likeness (QED) is 0.614. The molecule has 0 aromatic rings. The number of nitrogens with one attached hydrogen (secondary N) is 1. The fraction of sp³-hybridized carbons (Fsp3) is 1.00. The monoisotopic (exact) mass is 257 g/mol. The highest BCUT2D eigenvalue weighted by atomic mass is 16.5. The second-order valence-corrected chi connectivity index (χ2v) is 5.67. The number of ether oxygens (including phenoxy) is 2. The topological polar surface area (TPSA) is 50.7 Å². The summed E-state index contributed by atoms with van der Waals surface area (Å²) < 4.78 is 11.1. The molecule has 18 heavy (non-hydrogen) atoms. The van der Waals surface area contributed by atoms with Crippen LogP contribution in [-0.4, -0.2) is 49.2 Å². The standard InChI is InChI=1S/C14H27NO3/c1-2-14(11-16,15-12-4-5-12)7-3-8-18-13-6-9-17-10-13/h12-13,15-16H,2-11H2,1H3. The zero-order valence-electron chi connectivity index (χ0n) is 11.5. The van der Waals surface area contributed by atoms with Crippen LogP contribution in [0.25, 0.3) is 0 Å². The first-order valence-electron chi connectivity index (χ1n) is 7.36. The number of rotatable bonds is 9. The van der Waals surface area contributed by atoms with Gasteiger partial charge in [-0.15, -0.1) is 0 Å². The van der Waals surface area contributed by atoms with Crippen molar-refractivity contribution in [2.45, 2.75) is 63.1 Å². The van der Waals surface area contributed by atoms with Gasteiger partial charge in [0.05, 0.1) is 19.3 Å². The zero-order chi connectivity index (χ0) is 12.8. The second kappa shape index (κ2) is 6.85. The van der Waals surface area contributed by atoms with Crippen LogP contribution in [0, 0.1) is 0 Å². The van der Waals surface area contributed by atoms with Crippen molar-refractivity contribution in [1.82, 2.24) is 5.32 Å². The summed E-state index contributed by atoms with van der Waals surface area (Å²) in [5, 5.41) is 13.2. The first kappa shape index (κ1) is 14.3. The van der Waals surface area contributed by atoms with E-state index in [9.17, 15) is 5.11 Å². The minimum atomic E-state index is -0.0866. The number of aliphatic hydroxyl groups excluding tert-OH is 1. The van der Waals surface area contributed by atoms with Crippen LogP contribution in [0.15, 0.2) is 0 Å². The van der Waals surface area contributed by atoms with Crippen molar-refractivity contribution in [2.75, 3.05) is 26.4 Å². The molecule has 2 atom stereocenters. The van der Waals surface area contributed by atoms with Crippen LogP contribution in [0.1, 0.15) is 45.4 Å². The van der Waals surface area contributed by atoms with Crippen molar-refractivity contribution in [1.29, 1.82) is 0 Å². The van der Waals surface area contributed by atoms with Crippen LogP contribution in [0.3, 0.4) is 0 Å². The van der Waals surface area contributed by atoms with Gasteiger partial charge >= 0.3 is 0 Å². The van der Waals surface area contributed by atoms with E-state index in [2.05, 4.69) is 12.2 Å². The van der Waals surface area contributed by atoms with Crippen LogP contribution < -0.4 is 5.32 Å². The Balaban J connectivity index is 1.64. The summed E-state index contributed by atoms with van der Waals surface area (Å²) in [5.41, 5.74) is -0.0866. The van der Waals surface area contributed by atoms with E-state index in [1.165, 1.54) is 12.8 Å². The highest BCUT2D eigenvalue weighted by Gasteiger charge is 2.33. The van der Waals surface area contributed by atoms with Gasteiger partial charge in [0.25, 0.3) is 0 Å². The molecule has 2 rings (SSSR count). The molecule has 4 heteroatoms. The average molecular weight is 257 g/mol. The lowest BCUT2D eigenvalue weighted by Gasteiger charge is -2.32. The van der Waals surface area contributed by atoms with E-state index in [0.717, 1.165) is 45.5 Å². The minimum Gasteiger partial charge on any atom is -0.394 e. The first-order chi connectivity index (χ1) is 8.78. The molecule has 106 valence electrons. The molecule has 0 radical (unpaired) electrons. The van der Waals surface area contributed by atoms with Crippen LogP contribution in [0.2, 0.25) is 0 Å². The lowest BCUT2D eigenvalue weighted by atomic mass is 9.91. The van der Waals surface area contributed by atoms with Crippen molar-refractivity contribution in [2.24, 2.45) is 0 Å². The van der Waals surface area contributed by atoms with E-state index in [1.807, 2.05) is 0 Å². The van der Waals surface area contributed by atoms with E-state index in [4.69, 9.17) is 9.47 Å². The predicted molar refractivity (Wildman–Crippen MR) is 70.7 cm³/mol. The van der Waals surface area contributed by atoms with Crippen molar-refractivity contribution in [3.63, 3.8) is 0 Å². The smallest absolute Gasteiger partial charge is 0.0830 e. The maximum absolute atomic E-state index is 9.64. The SMILES string of the molecule is CCC(CO)(CCCOC1CCOC1)NC1CC1.